The van der Waals surface area contributed by atoms with Gasteiger partial charge in [0.1, 0.15) is 0 Å². The standard InChI is InChI=1S/C24H13Cl3INO5/c1-32-20-10-12(8-18(28)21(20)33-23(30)13-2-5-15(25)6-3-13)9-19-24(31)34-22(29-19)14-4-7-16(26)17(27)11-14/h2-11H,1H3/b19-9-. The Kier molecular flexibility index (Phi) is 7.47. The van der Waals surface area contributed by atoms with Crippen molar-refractivity contribution < 1.29 is 23.8 Å². The fraction of sp³-hybridized carbons (Fsp3) is 0.0417. The lowest BCUT2D eigenvalue weighted by Gasteiger charge is -2.12. The molecule has 0 bridgehead atoms. The first-order chi connectivity index (χ1) is 16.2. The maximum absolute atomic E-state index is 12.5. The summed E-state index contributed by atoms with van der Waals surface area (Å²) in [5.74, 6) is -0.507. The minimum absolute atomic E-state index is 0.0878. The van der Waals surface area contributed by atoms with Gasteiger partial charge in [0.15, 0.2) is 17.2 Å². The maximum atomic E-state index is 12.5. The van der Waals surface area contributed by atoms with Crippen molar-refractivity contribution in [3.05, 3.63) is 95.6 Å². The van der Waals surface area contributed by atoms with Crippen molar-refractivity contribution in [1.82, 2.24) is 0 Å². The molecule has 0 fully saturated rings. The van der Waals surface area contributed by atoms with Crippen molar-refractivity contribution in [2.75, 3.05) is 7.11 Å². The molecular weight excluding hydrogens is 616 g/mol. The van der Waals surface area contributed by atoms with Gasteiger partial charge >= 0.3 is 11.9 Å². The van der Waals surface area contributed by atoms with E-state index in [9.17, 15) is 9.59 Å². The summed E-state index contributed by atoms with van der Waals surface area (Å²) < 4.78 is 16.8. The molecule has 34 heavy (non-hydrogen) atoms. The molecule has 0 saturated carbocycles. The van der Waals surface area contributed by atoms with Crippen molar-refractivity contribution in [3.8, 4) is 11.5 Å². The molecule has 0 unspecified atom stereocenters. The van der Waals surface area contributed by atoms with E-state index in [0.717, 1.165) is 0 Å². The summed E-state index contributed by atoms with van der Waals surface area (Å²) in [6, 6.07) is 14.5. The highest BCUT2D eigenvalue weighted by atomic mass is 127. The lowest BCUT2D eigenvalue weighted by Crippen LogP contribution is -2.10. The van der Waals surface area contributed by atoms with Crippen molar-refractivity contribution >= 4 is 81.3 Å². The summed E-state index contributed by atoms with van der Waals surface area (Å²) in [7, 11) is 1.45. The number of carbonyl (C=O) groups excluding carboxylic acids is 2. The van der Waals surface area contributed by atoms with Crippen LogP contribution in [0, 0.1) is 3.57 Å². The van der Waals surface area contributed by atoms with Gasteiger partial charge in [-0.05, 0) is 88.8 Å². The zero-order chi connectivity index (χ0) is 24.4. The van der Waals surface area contributed by atoms with Gasteiger partial charge in [-0.3, -0.25) is 0 Å². The summed E-state index contributed by atoms with van der Waals surface area (Å²) >= 11 is 19.9. The second-order valence-electron chi connectivity index (χ2n) is 6.90. The molecule has 0 N–H and O–H groups in total. The number of methoxy groups -OCH3 is 1. The Morgan fingerprint density at radius 2 is 1.76 bits per heavy atom. The molecule has 10 heteroatoms. The molecule has 0 saturated heterocycles. The van der Waals surface area contributed by atoms with Gasteiger partial charge in [0.25, 0.3) is 0 Å². The molecule has 1 heterocycles. The number of halogens is 4. The quantitative estimate of drug-likeness (QED) is 0.134. The SMILES string of the molecule is COc1cc(/C=C2\N=C(c3ccc(Cl)c(Cl)c3)OC2=O)cc(I)c1OC(=O)c1ccc(Cl)cc1. The van der Waals surface area contributed by atoms with E-state index in [4.69, 9.17) is 49.0 Å². The van der Waals surface area contributed by atoms with E-state index in [-0.39, 0.29) is 17.3 Å². The van der Waals surface area contributed by atoms with Gasteiger partial charge in [-0.25, -0.2) is 14.6 Å². The smallest absolute Gasteiger partial charge is 0.363 e. The third-order valence-corrected chi connectivity index (χ3v) is 6.41. The molecule has 172 valence electrons. The van der Waals surface area contributed by atoms with Gasteiger partial charge in [-0.1, -0.05) is 34.8 Å². The maximum Gasteiger partial charge on any atom is 0.363 e. The van der Waals surface area contributed by atoms with Crippen LogP contribution in [-0.4, -0.2) is 24.9 Å². The van der Waals surface area contributed by atoms with Crippen LogP contribution in [0.2, 0.25) is 15.1 Å². The highest BCUT2D eigenvalue weighted by Crippen LogP contribution is 2.36. The average molecular weight is 629 g/mol. The number of aliphatic imine (C=N–C) groups is 1. The molecule has 0 atom stereocenters. The van der Waals surface area contributed by atoms with Crippen LogP contribution >= 0.6 is 57.4 Å². The molecule has 6 nitrogen and oxygen atoms in total. The topological polar surface area (TPSA) is 74.2 Å². The van der Waals surface area contributed by atoms with E-state index in [1.54, 1.807) is 60.7 Å². The minimum atomic E-state index is -0.617. The monoisotopic (exact) mass is 627 g/mol. The van der Waals surface area contributed by atoms with Gasteiger partial charge in [0.2, 0.25) is 5.90 Å². The number of ether oxygens (including phenoxy) is 3. The van der Waals surface area contributed by atoms with Crippen LogP contribution < -0.4 is 9.47 Å². The van der Waals surface area contributed by atoms with Crippen LogP contribution in [0.4, 0.5) is 0 Å². The third-order valence-electron chi connectivity index (χ3n) is 4.62. The number of nitrogens with zero attached hydrogens (tertiary/aromatic N) is 1. The number of esters is 2. The Hall–Kier alpha value is -2.59. The van der Waals surface area contributed by atoms with Crippen molar-refractivity contribution in [2.24, 2.45) is 4.99 Å². The first kappa shape index (κ1) is 24.5. The van der Waals surface area contributed by atoms with Crippen molar-refractivity contribution in [1.29, 1.82) is 0 Å². The molecule has 0 spiro atoms. The molecule has 3 aromatic rings. The zero-order valence-electron chi connectivity index (χ0n) is 17.3. The zero-order valence-corrected chi connectivity index (χ0v) is 21.7. The summed E-state index contributed by atoms with van der Waals surface area (Å²) in [5.41, 5.74) is 1.54. The molecule has 1 aliphatic heterocycles. The van der Waals surface area contributed by atoms with Gasteiger partial charge in [0, 0.05) is 10.6 Å². The Balaban J connectivity index is 1.62. The molecule has 4 rings (SSSR count). The molecular formula is C24H13Cl3INO5. The van der Waals surface area contributed by atoms with Crippen LogP contribution in [-0.2, 0) is 9.53 Å². The Morgan fingerprint density at radius 3 is 2.44 bits per heavy atom. The van der Waals surface area contributed by atoms with E-state index in [1.165, 1.54) is 7.11 Å². The molecule has 1 aliphatic rings. The predicted molar refractivity (Wildman–Crippen MR) is 139 cm³/mol. The van der Waals surface area contributed by atoms with Gasteiger partial charge in [0.05, 0.1) is 26.3 Å². The Labute approximate surface area is 223 Å². The largest absolute Gasteiger partial charge is 0.493 e. The first-order valence-electron chi connectivity index (χ1n) is 9.58. The van der Waals surface area contributed by atoms with E-state index >= 15 is 0 Å². The molecule has 0 aromatic heterocycles. The summed E-state index contributed by atoms with van der Waals surface area (Å²) in [6.45, 7) is 0. The fourth-order valence-electron chi connectivity index (χ4n) is 2.98. The van der Waals surface area contributed by atoms with Crippen LogP contribution in [0.3, 0.4) is 0 Å². The van der Waals surface area contributed by atoms with E-state index in [1.807, 2.05) is 22.6 Å². The van der Waals surface area contributed by atoms with Gasteiger partial charge in [-0.2, -0.15) is 0 Å². The second-order valence-corrected chi connectivity index (χ2v) is 9.31. The highest BCUT2D eigenvalue weighted by molar-refractivity contribution is 14.1. The van der Waals surface area contributed by atoms with Crippen LogP contribution in [0.5, 0.6) is 11.5 Å². The Morgan fingerprint density at radius 1 is 1.03 bits per heavy atom. The lowest BCUT2D eigenvalue weighted by molar-refractivity contribution is -0.129. The third kappa shape index (κ3) is 5.38. The average Bonchev–Trinajstić information content (AvgIpc) is 3.17. The molecule has 0 aliphatic carbocycles. The predicted octanol–water partition coefficient (Wildman–Crippen LogP) is 6.82. The lowest BCUT2D eigenvalue weighted by atomic mass is 10.1. The molecule has 0 amide bonds. The summed E-state index contributed by atoms with van der Waals surface area (Å²) in [5, 5.41) is 1.21. The fourth-order valence-corrected chi connectivity index (χ4v) is 4.14. The summed E-state index contributed by atoms with van der Waals surface area (Å²) in [6.07, 6.45) is 1.54. The number of hydrogen-bond donors (Lipinski definition) is 0. The number of carbonyl (C=O) groups is 2. The minimum Gasteiger partial charge on any atom is -0.493 e. The molecule has 3 aromatic carbocycles. The number of rotatable bonds is 5. The number of hydrogen-bond acceptors (Lipinski definition) is 6. The number of benzene rings is 3. The van der Waals surface area contributed by atoms with E-state index in [2.05, 4.69) is 4.99 Å². The second kappa shape index (κ2) is 10.4. The van der Waals surface area contributed by atoms with Crippen LogP contribution in [0.1, 0.15) is 21.5 Å². The van der Waals surface area contributed by atoms with E-state index < -0.39 is 11.9 Å². The Bertz CT molecular complexity index is 1370. The number of cyclic esters (lactones) is 1. The van der Waals surface area contributed by atoms with E-state index in [0.29, 0.717) is 41.1 Å². The highest BCUT2D eigenvalue weighted by Gasteiger charge is 2.25. The molecule has 0 radical (unpaired) electrons. The first-order valence-corrected chi connectivity index (χ1v) is 11.8. The summed E-state index contributed by atoms with van der Waals surface area (Å²) in [4.78, 5) is 29.2. The van der Waals surface area contributed by atoms with Crippen molar-refractivity contribution in [3.63, 3.8) is 0 Å². The van der Waals surface area contributed by atoms with Crippen LogP contribution in [0.15, 0.2) is 65.3 Å². The van der Waals surface area contributed by atoms with Crippen LogP contribution in [0.25, 0.3) is 6.08 Å². The van der Waals surface area contributed by atoms with Gasteiger partial charge < -0.3 is 14.2 Å². The van der Waals surface area contributed by atoms with Crippen molar-refractivity contribution in [2.45, 2.75) is 0 Å². The normalized spacial score (nSPS) is 14.1. The van der Waals surface area contributed by atoms with Gasteiger partial charge in [-0.15, -0.1) is 0 Å².